The first kappa shape index (κ1) is 15.1. The maximum atomic E-state index is 9.33. The van der Waals surface area contributed by atoms with Crippen LogP contribution in [-0.4, -0.2) is 19.0 Å². The van der Waals surface area contributed by atoms with E-state index in [9.17, 15) is 5.11 Å². The third kappa shape index (κ3) is 3.87. The second-order valence-electron chi connectivity index (χ2n) is 4.23. The summed E-state index contributed by atoms with van der Waals surface area (Å²) in [7, 11) is 1.55. The van der Waals surface area contributed by atoms with Crippen LogP contribution in [0.2, 0.25) is 10.0 Å². The largest absolute Gasteiger partial charge is 0.468 e. The van der Waals surface area contributed by atoms with Crippen molar-refractivity contribution in [1.82, 2.24) is 0 Å². The van der Waals surface area contributed by atoms with Gasteiger partial charge in [0.1, 0.15) is 5.75 Å². The quantitative estimate of drug-likeness (QED) is 0.843. The minimum absolute atomic E-state index is 0.0779. The summed E-state index contributed by atoms with van der Waals surface area (Å²) >= 11 is 12.0. The van der Waals surface area contributed by atoms with Crippen molar-refractivity contribution in [3.05, 3.63) is 52.0 Å². The Balaban J connectivity index is 2.43. The second-order valence-corrected chi connectivity index (χ2v) is 5.11. The van der Waals surface area contributed by atoms with Crippen LogP contribution in [0.25, 0.3) is 11.1 Å². The summed E-state index contributed by atoms with van der Waals surface area (Å²) in [4.78, 5) is 0. The molecule has 5 heteroatoms. The van der Waals surface area contributed by atoms with Gasteiger partial charge in [-0.3, -0.25) is 0 Å². The highest BCUT2D eigenvalue weighted by atomic mass is 35.5. The molecule has 0 unspecified atom stereocenters. The van der Waals surface area contributed by atoms with Crippen molar-refractivity contribution in [3.8, 4) is 16.9 Å². The Morgan fingerprint density at radius 1 is 0.950 bits per heavy atom. The van der Waals surface area contributed by atoms with Crippen molar-refractivity contribution in [2.24, 2.45) is 0 Å². The summed E-state index contributed by atoms with van der Waals surface area (Å²) in [5.74, 6) is 0.615. The van der Waals surface area contributed by atoms with Crippen molar-refractivity contribution in [1.29, 1.82) is 0 Å². The fourth-order valence-corrected chi connectivity index (χ4v) is 2.38. The minimum Gasteiger partial charge on any atom is -0.468 e. The molecule has 0 atom stereocenters. The molecule has 0 aliphatic heterocycles. The molecule has 0 spiro atoms. The first-order valence-electron chi connectivity index (χ1n) is 5.95. The van der Waals surface area contributed by atoms with Crippen LogP contribution in [0.4, 0.5) is 0 Å². The van der Waals surface area contributed by atoms with Crippen LogP contribution in [0.5, 0.6) is 5.75 Å². The Kier molecular flexibility index (Phi) is 5.26. The van der Waals surface area contributed by atoms with Gasteiger partial charge in [0.15, 0.2) is 6.79 Å². The van der Waals surface area contributed by atoms with E-state index in [0.717, 1.165) is 16.7 Å². The van der Waals surface area contributed by atoms with Gasteiger partial charge in [-0.2, -0.15) is 0 Å². The van der Waals surface area contributed by atoms with Gasteiger partial charge in [0.2, 0.25) is 0 Å². The lowest BCUT2D eigenvalue weighted by Crippen LogP contribution is -2.00. The monoisotopic (exact) mass is 312 g/mol. The van der Waals surface area contributed by atoms with Crippen LogP contribution in [0.1, 0.15) is 5.56 Å². The molecule has 0 aliphatic carbocycles. The average Bonchev–Trinajstić information content (AvgIpc) is 2.43. The standard InChI is InChI=1S/C15H14Cl2O3/c1-19-9-20-15-3-10(8-18)2-11(6-15)12-4-13(16)7-14(17)5-12/h2-7,18H,8-9H2,1H3. The predicted molar refractivity (Wildman–Crippen MR) is 80.3 cm³/mol. The number of benzene rings is 2. The molecule has 1 N–H and O–H groups in total. The Morgan fingerprint density at radius 3 is 2.20 bits per heavy atom. The Morgan fingerprint density at radius 2 is 1.60 bits per heavy atom. The van der Waals surface area contributed by atoms with Gasteiger partial charge in [-0.25, -0.2) is 0 Å². The van der Waals surface area contributed by atoms with Gasteiger partial charge in [-0.1, -0.05) is 23.2 Å². The lowest BCUT2D eigenvalue weighted by Gasteiger charge is -2.10. The highest BCUT2D eigenvalue weighted by molar-refractivity contribution is 6.35. The molecule has 0 heterocycles. The maximum Gasteiger partial charge on any atom is 0.188 e. The van der Waals surface area contributed by atoms with Crippen molar-refractivity contribution in [3.63, 3.8) is 0 Å². The predicted octanol–water partition coefficient (Wildman–Crippen LogP) is 4.14. The van der Waals surface area contributed by atoms with Crippen molar-refractivity contribution >= 4 is 23.2 Å². The van der Waals surface area contributed by atoms with E-state index in [0.29, 0.717) is 15.8 Å². The van der Waals surface area contributed by atoms with E-state index in [1.54, 1.807) is 19.2 Å². The summed E-state index contributed by atoms with van der Waals surface area (Å²) in [5, 5.41) is 10.4. The molecule has 20 heavy (non-hydrogen) atoms. The summed E-state index contributed by atoms with van der Waals surface area (Å²) < 4.78 is 10.3. The molecule has 2 rings (SSSR count). The van der Waals surface area contributed by atoms with E-state index < -0.39 is 0 Å². The first-order chi connectivity index (χ1) is 9.62. The third-order valence-corrected chi connectivity index (χ3v) is 3.12. The molecular formula is C15H14Cl2O3. The van der Waals surface area contributed by atoms with Crippen molar-refractivity contribution in [2.75, 3.05) is 13.9 Å². The summed E-state index contributed by atoms with van der Waals surface area (Å²) in [5.41, 5.74) is 2.47. The number of hydrogen-bond donors (Lipinski definition) is 1. The summed E-state index contributed by atoms with van der Waals surface area (Å²) in [6.45, 7) is 0.0656. The fourth-order valence-electron chi connectivity index (χ4n) is 1.85. The van der Waals surface area contributed by atoms with E-state index in [2.05, 4.69) is 0 Å². The molecule has 3 nitrogen and oxygen atoms in total. The van der Waals surface area contributed by atoms with Crippen LogP contribution in [0, 0.1) is 0 Å². The van der Waals surface area contributed by atoms with E-state index in [-0.39, 0.29) is 13.4 Å². The van der Waals surface area contributed by atoms with Gasteiger partial charge in [-0.05, 0) is 53.1 Å². The Labute approximate surface area is 127 Å². The first-order valence-corrected chi connectivity index (χ1v) is 6.71. The number of methoxy groups -OCH3 is 1. The lowest BCUT2D eigenvalue weighted by atomic mass is 10.0. The summed E-state index contributed by atoms with van der Waals surface area (Å²) in [6.07, 6.45) is 0. The lowest BCUT2D eigenvalue weighted by molar-refractivity contribution is 0.0510. The minimum atomic E-state index is -0.0779. The van der Waals surface area contributed by atoms with Gasteiger partial charge >= 0.3 is 0 Å². The fraction of sp³-hybridized carbons (Fsp3) is 0.200. The van der Waals surface area contributed by atoms with Gasteiger partial charge in [0.25, 0.3) is 0 Å². The Hall–Kier alpha value is -1.26. The highest BCUT2D eigenvalue weighted by Crippen LogP contribution is 2.30. The molecule has 2 aromatic rings. The van der Waals surface area contributed by atoms with E-state index >= 15 is 0 Å². The smallest absolute Gasteiger partial charge is 0.188 e. The molecule has 0 amide bonds. The highest BCUT2D eigenvalue weighted by Gasteiger charge is 2.06. The number of aliphatic hydroxyl groups excluding tert-OH is 1. The molecule has 106 valence electrons. The van der Waals surface area contributed by atoms with E-state index in [1.807, 2.05) is 24.3 Å². The maximum absolute atomic E-state index is 9.33. The van der Waals surface area contributed by atoms with Crippen LogP contribution < -0.4 is 4.74 Å². The van der Waals surface area contributed by atoms with Crippen LogP contribution in [0.15, 0.2) is 36.4 Å². The zero-order valence-electron chi connectivity index (χ0n) is 10.9. The number of halogens is 2. The van der Waals surface area contributed by atoms with Gasteiger partial charge in [0, 0.05) is 17.2 Å². The zero-order valence-corrected chi connectivity index (χ0v) is 12.4. The van der Waals surface area contributed by atoms with Gasteiger partial charge in [-0.15, -0.1) is 0 Å². The van der Waals surface area contributed by atoms with Gasteiger partial charge < -0.3 is 14.6 Å². The molecule has 0 aromatic heterocycles. The molecule has 0 saturated heterocycles. The number of ether oxygens (including phenoxy) is 2. The number of aliphatic hydroxyl groups is 1. The normalized spacial score (nSPS) is 10.6. The SMILES string of the molecule is COCOc1cc(CO)cc(-c2cc(Cl)cc(Cl)c2)c1. The topological polar surface area (TPSA) is 38.7 Å². The number of rotatable bonds is 5. The molecule has 0 fully saturated rings. The summed E-state index contributed by atoms with van der Waals surface area (Å²) in [6, 6.07) is 10.8. The molecule has 2 aromatic carbocycles. The van der Waals surface area contributed by atoms with Crippen molar-refractivity contribution in [2.45, 2.75) is 6.61 Å². The van der Waals surface area contributed by atoms with E-state index in [4.69, 9.17) is 32.7 Å². The second kappa shape index (κ2) is 6.95. The molecule has 0 bridgehead atoms. The van der Waals surface area contributed by atoms with E-state index in [1.165, 1.54) is 0 Å². The van der Waals surface area contributed by atoms with Crippen LogP contribution in [-0.2, 0) is 11.3 Å². The van der Waals surface area contributed by atoms with Crippen LogP contribution in [0.3, 0.4) is 0 Å². The molecule has 0 aliphatic rings. The van der Waals surface area contributed by atoms with Crippen molar-refractivity contribution < 1.29 is 14.6 Å². The Bertz CT molecular complexity index is 579. The zero-order chi connectivity index (χ0) is 14.5. The average molecular weight is 313 g/mol. The molecule has 0 radical (unpaired) electrons. The third-order valence-electron chi connectivity index (χ3n) is 2.69. The molecule has 0 saturated carbocycles. The van der Waals surface area contributed by atoms with Crippen LogP contribution >= 0.6 is 23.2 Å². The number of hydrogen-bond acceptors (Lipinski definition) is 3. The molecular weight excluding hydrogens is 299 g/mol. The van der Waals surface area contributed by atoms with Gasteiger partial charge in [0.05, 0.1) is 6.61 Å².